The molecule has 1 aliphatic rings. The number of aliphatic hydroxyl groups excluding tert-OH is 1. The van der Waals surface area contributed by atoms with E-state index in [2.05, 4.69) is 43.1 Å². The number of aliphatic hydroxyl groups is 1. The molecule has 1 saturated heterocycles. The fourth-order valence-corrected chi connectivity index (χ4v) is 2.93. The molecule has 1 heterocycles. The van der Waals surface area contributed by atoms with Crippen molar-refractivity contribution in [1.82, 2.24) is 15.1 Å². The van der Waals surface area contributed by atoms with E-state index in [-0.39, 0.29) is 12.1 Å². The van der Waals surface area contributed by atoms with Gasteiger partial charge in [-0.3, -0.25) is 0 Å². The highest BCUT2D eigenvalue weighted by Gasteiger charge is 2.28. The summed E-state index contributed by atoms with van der Waals surface area (Å²) in [5, 5.41) is 12.9. The molecular weight excluding hydrogens is 226 g/mol. The van der Waals surface area contributed by atoms with Crippen LogP contribution in [0.3, 0.4) is 0 Å². The minimum absolute atomic E-state index is 0.150. The summed E-state index contributed by atoms with van der Waals surface area (Å²) in [6.45, 7) is 9.82. The van der Waals surface area contributed by atoms with E-state index >= 15 is 0 Å². The standard InChI is InChI=1S/C14H31N3O/c1-5-15-14(2,12-18)11-17-8-6-13(7-9-17)10-16(3)4/h13,15,18H,5-12H2,1-4H3. The predicted octanol–water partition coefficient (Wildman–Crippen LogP) is 0.621. The van der Waals surface area contributed by atoms with Gasteiger partial charge in [0.25, 0.3) is 0 Å². The van der Waals surface area contributed by atoms with Gasteiger partial charge >= 0.3 is 0 Å². The molecule has 2 N–H and O–H groups in total. The van der Waals surface area contributed by atoms with E-state index in [1.165, 1.54) is 32.5 Å². The second-order valence-corrected chi connectivity index (χ2v) is 6.23. The molecular formula is C14H31N3O. The monoisotopic (exact) mass is 257 g/mol. The summed E-state index contributed by atoms with van der Waals surface area (Å²) < 4.78 is 0. The van der Waals surface area contributed by atoms with Crippen molar-refractivity contribution in [3.8, 4) is 0 Å². The van der Waals surface area contributed by atoms with Crippen molar-refractivity contribution in [2.24, 2.45) is 5.92 Å². The third kappa shape index (κ3) is 5.22. The SMILES string of the molecule is CCNC(C)(CO)CN1CCC(CN(C)C)CC1. The fraction of sp³-hybridized carbons (Fsp3) is 1.00. The van der Waals surface area contributed by atoms with Crippen molar-refractivity contribution in [1.29, 1.82) is 0 Å². The lowest BCUT2D eigenvalue weighted by Crippen LogP contribution is -2.55. The zero-order valence-electron chi connectivity index (χ0n) is 12.6. The van der Waals surface area contributed by atoms with Crippen LogP contribution >= 0.6 is 0 Å². The first-order valence-corrected chi connectivity index (χ1v) is 7.22. The summed E-state index contributed by atoms with van der Waals surface area (Å²) in [5.41, 5.74) is -0.150. The van der Waals surface area contributed by atoms with Crippen molar-refractivity contribution >= 4 is 0 Å². The number of rotatable bonds is 7. The molecule has 0 radical (unpaired) electrons. The molecule has 1 unspecified atom stereocenters. The Labute approximate surface area is 112 Å². The Hall–Kier alpha value is -0.160. The third-order valence-corrected chi connectivity index (χ3v) is 3.86. The molecule has 4 heteroatoms. The van der Waals surface area contributed by atoms with E-state index in [9.17, 15) is 5.11 Å². The van der Waals surface area contributed by atoms with Gasteiger partial charge in [-0.25, -0.2) is 0 Å². The molecule has 0 spiro atoms. The molecule has 0 saturated carbocycles. The van der Waals surface area contributed by atoms with Crippen LogP contribution in [0.5, 0.6) is 0 Å². The van der Waals surface area contributed by atoms with Crippen LogP contribution in [-0.4, -0.2) is 73.9 Å². The summed E-state index contributed by atoms with van der Waals surface area (Å²) in [5.74, 6) is 0.843. The Morgan fingerprint density at radius 3 is 2.39 bits per heavy atom. The topological polar surface area (TPSA) is 38.7 Å². The molecule has 1 fully saturated rings. The molecule has 1 aliphatic heterocycles. The Morgan fingerprint density at radius 1 is 1.33 bits per heavy atom. The Balaban J connectivity index is 2.34. The maximum Gasteiger partial charge on any atom is 0.0623 e. The van der Waals surface area contributed by atoms with Crippen LogP contribution in [0.15, 0.2) is 0 Å². The predicted molar refractivity (Wildman–Crippen MR) is 76.9 cm³/mol. The van der Waals surface area contributed by atoms with Crippen molar-refractivity contribution in [2.45, 2.75) is 32.2 Å². The van der Waals surface area contributed by atoms with Crippen molar-refractivity contribution in [2.75, 3.05) is 53.4 Å². The Morgan fingerprint density at radius 2 is 1.94 bits per heavy atom. The highest BCUT2D eigenvalue weighted by atomic mass is 16.3. The first-order valence-electron chi connectivity index (χ1n) is 7.22. The average molecular weight is 257 g/mol. The number of hydrogen-bond acceptors (Lipinski definition) is 4. The molecule has 4 nitrogen and oxygen atoms in total. The van der Waals surface area contributed by atoms with Gasteiger partial charge in [0.05, 0.1) is 12.1 Å². The second kappa shape index (κ2) is 7.43. The molecule has 108 valence electrons. The zero-order chi connectivity index (χ0) is 13.6. The van der Waals surface area contributed by atoms with E-state index in [0.29, 0.717) is 0 Å². The highest BCUT2D eigenvalue weighted by Crippen LogP contribution is 2.19. The van der Waals surface area contributed by atoms with E-state index in [1.54, 1.807) is 0 Å². The van der Waals surface area contributed by atoms with Crippen molar-refractivity contribution in [3.05, 3.63) is 0 Å². The van der Waals surface area contributed by atoms with Crippen molar-refractivity contribution in [3.63, 3.8) is 0 Å². The normalized spacial score (nSPS) is 22.3. The van der Waals surface area contributed by atoms with Crippen LogP contribution in [0.25, 0.3) is 0 Å². The van der Waals surface area contributed by atoms with Gasteiger partial charge in [-0.05, 0) is 59.4 Å². The Bertz CT molecular complexity index is 227. The van der Waals surface area contributed by atoms with Gasteiger partial charge in [-0.1, -0.05) is 6.92 Å². The lowest BCUT2D eigenvalue weighted by Gasteiger charge is -2.39. The summed E-state index contributed by atoms with van der Waals surface area (Å²) in [6.07, 6.45) is 2.57. The smallest absolute Gasteiger partial charge is 0.0623 e. The molecule has 0 bridgehead atoms. The number of likely N-dealkylation sites (tertiary alicyclic amines) is 1. The van der Waals surface area contributed by atoms with E-state index < -0.39 is 0 Å². The van der Waals surface area contributed by atoms with Crippen LogP contribution in [0.2, 0.25) is 0 Å². The average Bonchev–Trinajstić information content (AvgIpc) is 2.31. The number of nitrogens with one attached hydrogen (secondary N) is 1. The summed E-state index contributed by atoms with van der Waals surface area (Å²) >= 11 is 0. The van der Waals surface area contributed by atoms with Crippen LogP contribution in [0.1, 0.15) is 26.7 Å². The fourth-order valence-electron chi connectivity index (χ4n) is 2.93. The van der Waals surface area contributed by atoms with Crippen LogP contribution in [0, 0.1) is 5.92 Å². The molecule has 0 aliphatic carbocycles. The van der Waals surface area contributed by atoms with Gasteiger partial charge in [0.15, 0.2) is 0 Å². The van der Waals surface area contributed by atoms with Crippen LogP contribution in [-0.2, 0) is 0 Å². The maximum atomic E-state index is 9.52. The quantitative estimate of drug-likeness (QED) is 0.701. The zero-order valence-corrected chi connectivity index (χ0v) is 12.6. The molecule has 18 heavy (non-hydrogen) atoms. The van der Waals surface area contributed by atoms with Crippen molar-refractivity contribution < 1.29 is 5.11 Å². The molecule has 0 aromatic heterocycles. The Kier molecular flexibility index (Phi) is 6.57. The lowest BCUT2D eigenvalue weighted by atomic mass is 9.94. The van der Waals surface area contributed by atoms with Gasteiger partial charge < -0.3 is 20.2 Å². The van der Waals surface area contributed by atoms with Crippen LogP contribution in [0.4, 0.5) is 0 Å². The molecule has 1 rings (SSSR count). The van der Waals surface area contributed by atoms with E-state index in [4.69, 9.17) is 0 Å². The molecule has 0 aromatic carbocycles. The first-order chi connectivity index (χ1) is 8.49. The molecule has 0 aromatic rings. The number of piperidine rings is 1. The number of likely N-dealkylation sites (N-methyl/N-ethyl adjacent to an activating group) is 1. The number of hydrogen-bond donors (Lipinski definition) is 2. The van der Waals surface area contributed by atoms with Gasteiger partial charge in [-0.15, -0.1) is 0 Å². The van der Waals surface area contributed by atoms with Gasteiger partial charge in [0.1, 0.15) is 0 Å². The largest absolute Gasteiger partial charge is 0.394 e. The summed E-state index contributed by atoms with van der Waals surface area (Å²) in [7, 11) is 4.31. The third-order valence-electron chi connectivity index (χ3n) is 3.86. The molecule has 1 atom stereocenters. The minimum atomic E-state index is -0.150. The highest BCUT2D eigenvalue weighted by molar-refractivity contribution is 4.87. The van der Waals surface area contributed by atoms with Gasteiger partial charge in [0, 0.05) is 13.1 Å². The van der Waals surface area contributed by atoms with Gasteiger partial charge in [-0.2, -0.15) is 0 Å². The number of nitrogens with zero attached hydrogens (tertiary/aromatic N) is 2. The second-order valence-electron chi connectivity index (χ2n) is 6.23. The lowest BCUT2D eigenvalue weighted by molar-refractivity contribution is 0.0923. The van der Waals surface area contributed by atoms with Crippen LogP contribution < -0.4 is 5.32 Å². The molecule has 0 amide bonds. The first kappa shape index (κ1) is 15.9. The van der Waals surface area contributed by atoms with Gasteiger partial charge in [0.2, 0.25) is 0 Å². The van der Waals surface area contributed by atoms with E-state index in [1.807, 2.05) is 0 Å². The minimum Gasteiger partial charge on any atom is -0.394 e. The maximum absolute atomic E-state index is 9.52. The van der Waals surface area contributed by atoms with E-state index in [0.717, 1.165) is 19.0 Å². The summed E-state index contributed by atoms with van der Waals surface area (Å²) in [6, 6.07) is 0. The summed E-state index contributed by atoms with van der Waals surface area (Å²) in [4.78, 5) is 4.78.